The molecule has 0 aliphatic rings. The van der Waals surface area contributed by atoms with Crippen LogP contribution in [0, 0.1) is 0 Å². The highest BCUT2D eigenvalue weighted by atomic mass is 32.1. The SMILES string of the molecule is CC(=O)Nc1ncnc2sccc12. The quantitative estimate of drug-likeness (QED) is 0.749. The molecule has 0 radical (unpaired) electrons. The van der Waals surface area contributed by atoms with Crippen LogP contribution in [0.3, 0.4) is 0 Å². The summed E-state index contributed by atoms with van der Waals surface area (Å²) in [6, 6.07) is 1.89. The normalized spacial score (nSPS) is 10.2. The van der Waals surface area contributed by atoms with Gasteiger partial charge in [0.05, 0.1) is 5.39 Å². The van der Waals surface area contributed by atoms with Crippen molar-refractivity contribution in [1.82, 2.24) is 9.97 Å². The maximum absolute atomic E-state index is 10.8. The van der Waals surface area contributed by atoms with Crippen LogP contribution in [0.5, 0.6) is 0 Å². The second-order valence-electron chi connectivity index (χ2n) is 2.54. The van der Waals surface area contributed by atoms with E-state index in [9.17, 15) is 4.79 Å². The van der Waals surface area contributed by atoms with Gasteiger partial charge in [-0.25, -0.2) is 9.97 Å². The van der Waals surface area contributed by atoms with Gasteiger partial charge >= 0.3 is 0 Å². The average molecular weight is 193 g/mol. The van der Waals surface area contributed by atoms with E-state index >= 15 is 0 Å². The van der Waals surface area contributed by atoms with Gasteiger partial charge < -0.3 is 5.32 Å². The van der Waals surface area contributed by atoms with Crippen molar-refractivity contribution in [3.05, 3.63) is 17.8 Å². The van der Waals surface area contributed by atoms with Gasteiger partial charge in [0.1, 0.15) is 17.0 Å². The van der Waals surface area contributed by atoms with Crippen molar-refractivity contribution >= 4 is 33.3 Å². The summed E-state index contributed by atoms with van der Waals surface area (Å²) in [5.41, 5.74) is 0. The number of nitrogens with zero attached hydrogens (tertiary/aromatic N) is 2. The molecule has 0 aliphatic heterocycles. The third-order valence-corrected chi connectivity index (χ3v) is 2.38. The van der Waals surface area contributed by atoms with Gasteiger partial charge in [-0.3, -0.25) is 4.79 Å². The van der Waals surface area contributed by atoms with E-state index in [0.29, 0.717) is 5.82 Å². The van der Waals surface area contributed by atoms with Crippen LogP contribution in [0.15, 0.2) is 17.8 Å². The number of thiophene rings is 1. The molecule has 2 heterocycles. The molecule has 0 unspecified atom stereocenters. The van der Waals surface area contributed by atoms with Crippen molar-refractivity contribution < 1.29 is 4.79 Å². The summed E-state index contributed by atoms with van der Waals surface area (Å²) in [5.74, 6) is 0.463. The zero-order valence-electron chi connectivity index (χ0n) is 6.94. The smallest absolute Gasteiger partial charge is 0.222 e. The van der Waals surface area contributed by atoms with Crippen LogP contribution in [-0.2, 0) is 4.79 Å². The summed E-state index contributed by atoms with van der Waals surface area (Å²) < 4.78 is 0. The number of rotatable bonds is 1. The fraction of sp³-hybridized carbons (Fsp3) is 0.125. The van der Waals surface area contributed by atoms with Gasteiger partial charge in [0.2, 0.25) is 5.91 Å². The minimum absolute atomic E-state index is 0.119. The van der Waals surface area contributed by atoms with Crippen LogP contribution in [0.1, 0.15) is 6.92 Å². The summed E-state index contributed by atoms with van der Waals surface area (Å²) in [6.45, 7) is 1.46. The number of hydrogen-bond donors (Lipinski definition) is 1. The van der Waals surface area contributed by atoms with Crippen molar-refractivity contribution in [2.24, 2.45) is 0 Å². The Morgan fingerprint density at radius 2 is 2.38 bits per heavy atom. The molecule has 2 rings (SSSR count). The standard InChI is InChI=1S/C8H7N3OS/c1-5(12)11-7-6-2-3-13-8(6)10-4-9-7/h2-4H,1H3,(H,9,10,11,12). The van der Waals surface area contributed by atoms with E-state index in [1.54, 1.807) is 0 Å². The Hall–Kier alpha value is -1.49. The molecule has 5 heteroatoms. The van der Waals surface area contributed by atoms with Crippen LogP contribution in [0.2, 0.25) is 0 Å². The van der Waals surface area contributed by atoms with Crippen LogP contribution < -0.4 is 5.32 Å². The highest BCUT2D eigenvalue weighted by Gasteiger charge is 2.04. The van der Waals surface area contributed by atoms with Crippen LogP contribution in [0.4, 0.5) is 5.82 Å². The topological polar surface area (TPSA) is 54.9 Å². The molecular formula is C8H7N3OS. The third-order valence-electron chi connectivity index (χ3n) is 1.56. The molecule has 4 nitrogen and oxygen atoms in total. The second kappa shape index (κ2) is 3.10. The van der Waals surface area contributed by atoms with E-state index in [-0.39, 0.29) is 5.91 Å². The highest BCUT2D eigenvalue weighted by Crippen LogP contribution is 2.23. The van der Waals surface area contributed by atoms with Crippen molar-refractivity contribution in [1.29, 1.82) is 0 Å². The Kier molecular flexibility index (Phi) is 1.94. The van der Waals surface area contributed by atoms with E-state index < -0.39 is 0 Å². The van der Waals surface area contributed by atoms with Crippen LogP contribution >= 0.6 is 11.3 Å². The summed E-state index contributed by atoms with van der Waals surface area (Å²) in [4.78, 5) is 19.7. The van der Waals surface area contributed by atoms with Crippen LogP contribution in [0.25, 0.3) is 10.2 Å². The van der Waals surface area contributed by atoms with E-state index in [0.717, 1.165) is 10.2 Å². The van der Waals surface area contributed by atoms with Gasteiger partial charge in [-0.05, 0) is 11.4 Å². The summed E-state index contributed by atoms with van der Waals surface area (Å²) in [7, 11) is 0. The Morgan fingerprint density at radius 1 is 1.54 bits per heavy atom. The lowest BCUT2D eigenvalue weighted by atomic mass is 10.4. The van der Waals surface area contributed by atoms with Crippen molar-refractivity contribution in [2.45, 2.75) is 6.92 Å². The lowest BCUT2D eigenvalue weighted by molar-refractivity contribution is -0.114. The monoisotopic (exact) mass is 193 g/mol. The lowest BCUT2D eigenvalue weighted by Gasteiger charge is -2.00. The van der Waals surface area contributed by atoms with Gasteiger partial charge in [0.15, 0.2) is 0 Å². The Bertz CT molecular complexity index is 451. The zero-order valence-corrected chi connectivity index (χ0v) is 7.76. The first-order valence-electron chi connectivity index (χ1n) is 3.73. The second-order valence-corrected chi connectivity index (χ2v) is 3.44. The van der Waals surface area contributed by atoms with E-state index in [2.05, 4.69) is 15.3 Å². The number of carbonyl (C=O) groups is 1. The number of amides is 1. The Morgan fingerprint density at radius 3 is 3.15 bits per heavy atom. The van der Waals surface area contributed by atoms with Crippen molar-refractivity contribution in [3.8, 4) is 0 Å². The maximum Gasteiger partial charge on any atom is 0.222 e. The average Bonchev–Trinajstić information content (AvgIpc) is 2.51. The fourth-order valence-electron chi connectivity index (χ4n) is 1.06. The predicted octanol–water partition coefficient (Wildman–Crippen LogP) is 1.65. The number of aromatic nitrogens is 2. The molecule has 0 aromatic carbocycles. The maximum atomic E-state index is 10.8. The van der Waals surface area contributed by atoms with Gasteiger partial charge in [-0.1, -0.05) is 0 Å². The molecule has 0 fully saturated rings. The van der Waals surface area contributed by atoms with Gasteiger partial charge in [-0.2, -0.15) is 0 Å². The van der Waals surface area contributed by atoms with Crippen LogP contribution in [-0.4, -0.2) is 15.9 Å². The molecular weight excluding hydrogens is 186 g/mol. The molecule has 13 heavy (non-hydrogen) atoms. The number of nitrogens with one attached hydrogen (secondary N) is 1. The minimum atomic E-state index is -0.119. The summed E-state index contributed by atoms with van der Waals surface area (Å²) in [5, 5.41) is 5.46. The highest BCUT2D eigenvalue weighted by molar-refractivity contribution is 7.16. The van der Waals surface area contributed by atoms with Crippen molar-refractivity contribution in [3.63, 3.8) is 0 Å². The fourth-order valence-corrected chi connectivity index (χ4v) is 1.79. The number of hydrogen-bond acceptors (Lipinski definition) is 4. The largest absolute Gasteiger partial charge is 0.310 e. The molecule has 0 bridgehead atoms. The predicted molar refractivity (Wildman–Crippen MR) is 51.7 cm³/mol. The Balaban J connectivity index is 2.54. The molecule has 0 atom stereocenters. The molecule has 66 valence electrons. The molecule has 0 spiro atoms. The summed E-state index contributed by atoms with van der Waals surface area (Å²) in [6.07, 6.45) is 1.45. The Labute approximate surface area is 78.6 Å². The lowest BCUT2D eigenvalue weighted by Crippen LogP contribution is -2.07. The number of anilines is 1. The van der Waals surface area contributed by atoms with Gasteiger partial charge in [0, 0.05) is 6.92 Å². The van der Waals surface area contributed by atoms with Gasteiger partial charge in [0.25, 0.3) is 0 Å². The molecule has 2 aromatic rings. The third kappa shape index (κ3) is 1.50. The molecule has 0 aliphatic carbocycles. The molecule has 1 N–H and O–H groups in total. The minimum Gasteiger partial charge on any atom is -0.310 e. The summed E-state index contributed by atoms with van der Waals surface area (Å²) >= 11 is 1.53. The molecule has 1 amide bonds. The first-order valence-corrected chi connectivity index (χ1v) is 4.61. The first kappa shape index (κ1) is 8.12. The first-order chi connectivity index (χ1) is 6.27. The molecule has 0 saturated heterocycles. The molecule has 0 saturated carbocycles. The molecule has 2 aromatic heterocycles. The van der Waals surface area contributed by atoms with E-state index in [1.165, 1.54) is 24.6 Å². The van der Waals surface area contributed by atoms with E-state index in [1.807, 2.05) is 11.4 Å². The zero-order chi connectivity index (χ0) is 9.26. The van der Waals surface area contributed by atoms with Crippen molar-refractivity contribution in [2.75, 3.05) is 5.32 Å². The number of fused-ring (bicyclic) bond motifs is 1. The van der Waals surface area contributed by atoms with E-state index in [4.69, 9.17) is 0 Å². The van der Waals surface area contributed by atoms with Gasteiger partial charge in [-0.15, -0.1) is 11.3 Å². The number of carbonyl (C=O) groups excluding carboxylic acids is 1.